The molecule has 1 heteroatoms. The van der Waals surface area contributed by atoms with Crippen LogP contribution in [-0.2, 0) is 0 Å². The summed E-state index contributed by atoms with van der Waals surface area (Å²) >= 11 is 0. The molecule has 14 heavy (non-hydrogen) atoms. The molecule has 0 heterocycles. The fourth-order valence-electron chi connectivity index (χ4n) is 2.57. The molecular weight excluding hydrogens is 172 g/mol. The van der Waals surface area contributed by atoms with Gasteiger partial charge in [-0.2, -0.15) is 0 Å². The molecule has 0 bridgehead atoms. The number of hydrogen-bond acceptors (Lipinski definition) is 1. The molecule has 0 amide bonds. The van der Waals surface area contributed by atoms with E-state index in [1.165, 1.54) is 32.1 Å². The first-order valence-electron chi connectivity index (χ1n) is 6.04. The van der Waals surface area contributed by atoms with Gasteiger partial charge in [-0.1, -0.05) is 31.1 Å². The van der Waals surface area contributed by atoms with Crippen molar-refractivity contribution in [3.05, 3.63) is 0 Å². The van der Waals surface area contributed by atoms with Crippen molar-refractivity contribution in [1.82, 2.24) is 0 Å². The second kappa shape index (κ2) is 4.36. The van der Waals surface area contributed by atoms with Gasteiger partial charge < -0.3 is 5.11 Å². The number of aliphatic hydroxyl groups is 1. The molecule has 0 aromatic rings. The Bertz CT molecular complexity index is 234. The third kappa shape index (κ3) is 2.51. The molecule has 1 nitrogen and oxygen atoms in total. The summed E-state index contributed by atoms with van der Waals surface area (Å²) < 4.78 is 0. The highest BCUT2D eigenvalue weighted by molar-refractivity contribution is 5.17. The monoisotopic (exact) mass is 192 g/mol. The minimum Gasteiger partial charge on any atom is -0.378 e. The number of rotatable bonds is 0. The van der Waals surface area contributed by atoms with Crippen LogP contribution in [0.2, 0.25) is 0 Å². The van der Waals surface area contributed by atoms with Crippen LogP contribution in [0.5, 0.6) is 0 Å². The first kappa shape index (κ1) is 10.1. The summed E-state index contributed by atoms with van der Waals surface area (Å²) in [5, 5.41) is 10.0. The van der Waals surface area contributed by atoms with E-state index in [-0.39, 0.29) is 0 Å². The molecule has 2 aliphatic rings. The van der Waals surface area contributed by atoms with E-state index in [1.54, 1.807) is 0 Å². The maximum atomic E-state index is 10.0. The third-order valence-corrected chi connectivity index (χ3v) is 3.54. The van der Waals surface area contributed by atoms with Crippen LogP contribution < -0.4 is 0 Å². The molecule has 78 valence electrons. The topological polar surface area (TPSA) is 20.2 Å². The molecule has 2 saturated carbocycles. The molecule has 0 aromatic carbocycles. The molecule has 0 aliphatic heterocycles. The molecule has 0 radical (unpaired) electrons. The quantitative estimate of drug-likeness (QED) is 0.585. The van der Waals surface area contributed by atoms with Crippen LogP contribution in [-0.4, -0.2) is 10.7 Å². The van der Waals surface area contributed by atoms with Crippen molar-refractivity contribution in [1.29, 1.82) is 0 Å². The first-order chi connectivity index (χ1) is 6.79. The molecule has 2 fully saturated rings. The lowest BCUT2D eigenvalue weighted by Crippen LogP contribution is -2.21. The number of hydrogen-bond donors (Lipinski definition) is 1. The zero-order valence-corrected chi connectivity index (χ0v) is 8.89. The van der Waals surface area contributed by atoms with Crippen molar-refractivity contribution in [2.24, 2.45) is 5.92 Å². The van der Waals surface area contributed by atoms with Crippen LogP contribution in [0.1, 0.15) is 57.8 Å². The van der Waals surface area contributed by atoms with E-state index in [0.717, 1.165) is 25.7 Å². The van der Waals surface area contributed by atoms with E-state index in [2.05, 4.69) is 11.8 Å². The Morgan fingerprint density at radius 2 is 1.57 bits per heavy atom. The summed E-state index contributed by atoms with van der Waals surface area (Å²) in [7, 11) is 0. The fraction of sp³-hybridized carbons (Fsp3) is 0.846. The normalized spacial score (nSPS) is 26.9. The summed E-state index contributed by atoms with van der Waals surface area (Å²) in [6.07, 6.45) is 10.6. The second-order valence-electron chi connectivity index (χ2n) is 4.84. The summed E-state index contributed by atoms with van der Waals surface area (Å²) in [5.41, 5.74) is -0.614. The highest BCUT2D eigenvalue weighted by atomic mass is 16.3. The Morgan fingerprint density at radius 3 is 2.21 bits per heavy atom. The van der Waals surface area contributed by atoms with Gasteiger partial charge in [0.1, 0.15) is 5.60 Å². The van der Waals surface area contributed by atoms with Gasteiger partial charge in [-0.25, -0.2) is 0 Å². The summed E-state index contributed by atoms with van der Waals surface area (Å²) in [4.78, 5) is 0. The molecule has 2 aliphatic carbocycles. The zero-order valence-electron chi connectivity index (χ0n) is 8.89. The highest BCUT2D eigenvalue weighted by Gasteiger charge is 2.28. The van der Waals surface area contributed by atoms with Crippen LogP contribution in [0.3, 0.4) is 0 Å². The third-order valence-electron chi connectivity index (χ3n) is 3.54. The van der Waals surface area contributed by atoms with Gasteiger partial charge >= 0.3 is 0 Å². The Hall–Kier alpha value is -0.480. The van der Waals surface area contributed by atoms with Gasteiger partial charge in [0.2, 0.25) is 0 Å². The highest BCUT2D eigenvalue weighted by Crippen LogP contribution is 2.29. The van der Waals surface area contributed by atoms with Crippen molar-refractivity contribution in [2.45, 2.75) is 63.4 Å². The van der Waals surface area contributed by atoms with Crippen molar-refractivity contribution in [3.63, 3.8) is 0 Å². The van der Waals surface area contributed by atoms with Gasteiger partial charge in [-0.3, -0.25) is 0 Å². The Balaban J connectivity index is 1.90. The Kier molecular flexibility index (Phi) is 3.13. The van der Waals surface area contributed by atoms with Gasteiger partial charge in [0.05, 0.1) is 0 Å². The Labute approximate surface area is 86.9 Å². The fourth-order valence-corrected chi connectivity index (χ4v) is 2.57. The van der Waals surface area contributed by atoms with Crippen LogP contribution >= 0.6 is 0 Å². The summed E-state index contributed by atoms with van der Waals surface area (Å²) in [5.74, 6) is 7.01. The molecular formula is C13H20O. The largest absolute Gasteiger partial charge is 0.378 e. The standard InChI is InChI=1S/C13H20O/c14-13(9-4-5-10-13)11-8-12-6-2-1-3-7-12/h12,14H,1-7,9-10H2. The predicted octanol–water partition coefficient (Wildman–Crippen LogP) is 2.88. The molecule has 0 unspecified atom stereocenters. The van der Waals surface area contributed by atoms with Gasteiger partial charge in [-0.15, -0.1) is 0 Å². The average Bonchev–Trinajstić information content (AvgIpc) is 2.65. The van der Waals surface area contributed by atoms with Crippen LogP contribution in [0.25, 0.3) is 0 Å². The maximum Gasteiger partial charge on any atom is 0.125 e. The zero-order chi connectivity index (χ0) is 9.86. The summed E-state index contributed by atoms with van der Waals surface area (Å²) in [6.45, 7) is 0. The molecule has 1 N–H and O–H groups in total. The average molecular weight is 192 g/mol. The second-order valence-corrected chi connectivity index (χ2v) is 4.84. The smallest absolute Gasteiger partial charge is 0.125 e. The minimum absolute atomic E-state index is 0.577. The van der Waals surface area contributed by atoms with Crippen molar-refractivity contribution in [2.75, 3.05) is 0 Å². The van der Waals surface area contributed by atoms with Crippen LogP contribution in [0, 0.1) is 17.8 Å². The van der Waals surface area contributed by atoms with E-state index < -0.39 is 5.60 Å². The molecule has 0 spiro atoms. The van der Waals surface area contributed by atoms with E-state index in [4.69, 9.17) is 0 Å². The van der Waals surface area contributed by atoms with Gasteiger partial charge in [-0.05, 0) is 38.5 Å². The van der Waals surface area contributed by atoms with Crippen molar-refractivity contribution >= 4 is 0 Å². The predicted molar refractivity (Wildman–Crippen MR) is 57.8 cm³/mol. The minimum atomic E-state index is -0.614. The SMILES string of the molecule is OC1(C#CC2CCCCC2)CCCC1. The van der Waals surface area contributed by atoms with Gasteiger partial charge in [0, 0.05) is 5.92 Å². The first-order valence-corrected chi connectivity index (χ1v) is 6.04. The molecule has 0 saturated heterocycles. The molecule has 2 rings (SSSR count). The lowest BCUT2D eigenvalue weighted by molar-refractivity contribution is 0.109. The molecule has 0 atom stereocenters. The Morgan fingerprint density at radius 1 is 0.929 bits per heavy atom. The van der Waals surface area contributed by atoms with Gasteiger partial charge in [0.25, 0.3) is 0 Å². The van der Waals surface area contributed by atoms with Crippen molar-refractivity contribution < 1.29 is 5.11 Å². The molecule has 0 aromatic heterocycles. The lowest BCUT2D eigenvalue weighted by Gasteiger charge is -2.18. The van der Waals surface area contributed by atoms with E-state index in [9.17, 15) is 5.11 Å². The van der Waals surface area contributed by atoms with Crippen LogP contribution in [0.4, 0.5) is 0 Å². The van der Waals surface area contributed by atoms with E-state index in [1.807, 2.05) is 0 Å². The van der Waals surface area contributed by atoms with Gasteiger partial charge in [0.15, 0.2) is 0 Å². The van der Waals surface area contributed by atoms with E-state index in [0.29, 0.717) is 5.92 Å². The van der Waals surface area contributed by atoms with E-state index >= 15 is 0 Å². The summed E-state index contributed by atoms with van der Waals surface area (Å²) in [6, 6.07) is 0. The lowest BCUT2D eigenvalue weighted by atomic mass is 9.89. The maximum absolute atomic E-state index is 10.0. The van der Waals surface area contributed by atoms with Crippen molar-refractivity contribution in [3.8, 4) is 11.8 Å². The van der Waals surface area contributed by atoms with Crippen LogP contribution in [0.15, 0.2) is 0 Å².